The maximum Gasteiger partial charge on any atom is 0.227 e. The van der Waals surface area contributed by atoms with Gasteiger partial charge in [-0.1, -0.05) is 6.92 Å². The van der Waals surface area contributed by atoms with Gasteiger partial charge in [-0.25, -0.2) is 0 Å². The monoisotopic (exact) mass is 266 g/mol. The van der Waals surface area contributed by atoms with E-state index in [0.717, 1.165) is 18.5 Å². The van der Waals surface area contributed by atoms with Gasteiger partial charge in [0.1, 0.15) is 0 Å². The van der Waals surface area contributed by atoms with Gasteiger partial charge in [0.15, 0.2) is 0 Å². The van der Waals surface area contributed by atoms with E-state index in [1.807, 2.05) is 13.2 Å². The number of aryl methyl sites for hydroxylation is 1. The predicted octanol–water partition coefficient (Wildman–Crippen LogP) is 0.0509. The van der Waals surface area contributed by atoms with E-state index in [2.05, 4.69) is 22.7 Å². The topological polar surface area (TPSA) is 68.2 Å². The number of amides is 1. The van der Waals surface area contributed by atoms with Gasteiger partial charge in [-0.15, -0.1) is 0 Å². The van der Waals surface area contributed by atoms with Gasteiger partial charge in [0.05, 0.1) is 25.3 Å². The molecule has 1 aromatic rings. The Balaban J connectivity index is 1.81. The number of carbonyl (C=O) groups is 1. The van der Waals surface area contributed by atoms with E-state index in [4.69, 9.17) is 4.74 Å². The normalized spacial score (nSPS) is 22.6. The highest BCUT2D eigenvalue weighted by Crippen LogP contribution is 2.14. The highest BCUT2D eigenvalue weighted by Gasteiger charge is 2.33. The fourth-order valence-corrected chi connectivity index (χ4v) is 2.23. The summed E-state index contributed by atoms with van der Waals surface area (Å²) in [5.74, 6) is -0.0434. The largest absolute Gasteiger partial charge is 0.379 e. The zero-order valence-electron chi connectivity index (χ0n) is 11.6. The number of hydrogen-bond donors (Lipinski definition) is 2. The zero-order valence-corrected chi connectivity index (χ0v) is 11.6. The molecule has 19 heavy (non-hydrogen) atoms. The van der Waals surface area contributed by atoms with Crippen molar-refractivity contribution in [1.82, 2.24) is 20.4 Å². The van der Waals surface area contributed by atoms with Crippen molar-refractivity contribution in [3.8, 4) is 0 Å². The van der Waals surface area contributed by atoms with E-state index in [-0.39, 0.29) is 17.9 Å². The molecule has 2 rings (SSSR count). The van der Waals surface area contributed by atoms with Crippen molar-refractivity contribution >= 4 is 5.91 Å². The molecule has 0 bridgehead atoms. The van der Waals surface area contributed by atoms with E-state index in [1.165, 1.54) is 0 Å². The summed E-state index contributed by atoms with van der Waals surface area (Å²) in [6.45, 7) is 4.66. The van der Waals surface area contributed by atoms with Crippen LogP contribution in [0.5, 0.6) is 0 Å². The molecule has 2 atom stereocenters. The molecule has 6 nitrogen and oxygen atoms in total. The fourth-order valence-electron chi connectivity index (χ4n) is 2.23. The number of nitrogens with one attached hydrogen (secondary N) is 2. The first-order valence-electron chi connectivity index (χ1n) is 6.77. The van der Waals surface area contributed by atoms with Gasteiger partial charge < -0.3 is 15.4 Å². The van der Waals surface area contributed by atoms with Crippen LogP contribution in [0.2, 0.25) is 0 Å². The summed E-state index contributed by atoms with van der Waals surface area (Å²) in [7, 11) is 1.86. The molecule has 0 spiro atoms. The van der Waals surface area contributed by atoms with E-state index in [1.54, 1.807) is 10.9 Å². The Labute approximate surface area is 113 Å². The average Bonchev–Trinajstić information content (AvgIpc) is 3.02. The van der Waals surface area contributed by atoms with E-state index in [0.29, 0.717) is 19.8 Å². The average molecular weight is 266 g/mol. The van der Waals surface area contributed by atoms with Crippen molar-refractivity contribution in [2.75, 3.05) is 19.8 Å². The van der Waals surface area contributed by atoms with Crippen LogP contribution in [0, 0.1) is 5.92 Å². The van der Waals surface area contributed by atoms with Crippen LogP contribution in [-0.4, -0.2) is 41.5 Å². The standard InChI is InChI=1S/C13H22N4O2/c1-3-4-14-12-9-19-8-11(12)13(18)15-5-10-6-16-17(2)7-10/h6-7,11-12,14H,3-5,8-9H2,1-2H3,(H,15,18). The lowest BCUT2D eigenvalue weighted by Gasteiger charge is -2.18. The molecule has 106 valence electrons. The summed E-state index contributed by atoms with van der Waals surface area (Å²) >= 11 is 0. The van der Waals surface area contributed by atoms with Crippen LogP contribution in [0.4, 0.5) is 0 Å². The van der Waals surface area contributed by atoms with Gasteiger partial charge in [-0.05, 0) is 13.0 Å². The Morgan fingerprint density at radius 1 is 1.58 bits per heavy atom. The third-order valence-corrected chi connectivity index (χ3v) is 3.30. The number of carbonyl (C=O) groups excluding carboxylic acids is 1. The van der Waals surface area contributed by atoms with Gasteiger partial charge in [0.25, 0.3) is 0 Å². The molecule has 0 radical (unpaired) electrons. The smallest absolute Gasteiger partial charge is 0.227 e. The second-order valence-corrected chi connectivity index (χ2v) is 4.94. The lowest BCUT2D eigenvalue weighted by molar-refractivity contribution is -0.125. The minimum atomic E-state index is -0.0942. The third-order valence-electron chi connectivity index (χ3n) is 3.30. The van der Waals surface area contributed by atoms with Crippen molar-refractivity contribution in [2.24, 2.45) is 13.0 Å². The molecule has 0 saturated carbocycles. The molecule has 1 amide bonds. The van der Waals surface area contributed by atoms with Crippen molar-refractivity contribution in [3.05, 3.63) is 18.0 Å². The number of nitrogens with zero attached hydrogens (tertiary/aromatic N) is 2. The molecule has 2 heterocycles. The van der Waals surface area contributed by atoms with Crippen LogP contribution in [0.25, 0.3) is 0 Å². The third kappa shape index (κ3) is 3.78. The highest BCUT2D eigenvalue weighted by atomic mass is 16.5. The Hall–Kier alpha value is -1.40. The minimum Gasteiger partial charge on any atom is -0.379 e. The Morgan fingerprint density at radius 3 is 3.11 bits per heavy atom. The first-order chi connectivity index (χ1) is 9.20. The molecular weight excluding hydrogens is 244 g/mol. The lowest BCUT2D eigenvalue weighted by atomic mass is 10.0. The molecular formula is C13H22N4O2. The van der Waals surface area contributed by atoms with Crippen molar-refractivity contribution < 1.29 is 9.53 Å². The van der Waals surface area contributed by atoms with E-state index in [9.17, 15) is 4.79 Å². The number of ether oxygens (including phenoxy) is 1. The van der Waals surface area contributed by atoms with Crippen LogP contribution in [-0.2, 0) is 23.1 Å². The lowest BCUT2D eigenvalue weighted by Crippen LogP contribution is -2.44. The molecule has 2 unspecified atom stereocenters. The summed E-state index contributed by atoms with van der Waals surface area (Å²) in [4.78, 5) is 12.1. The first kappa shape index (κ1) is 14.0. The van der Waals surface area contributed by atoms with Crippen LogP contribution in [0.3, 0.4) is 0 Å². The zero-order chi connectivity index (χ0) is 13.7. The van der Waals surface area contributed by atoms with E-state index >= 15 is 0 Å². The second-order valence-electron chi connectivity index (χ2n) is 4.94. The number of hydrogen-bond acceptors (Lipinski definition) is 4. The van der Waals surface area contributed by atoms with Gasteiger partial charge in [0, 0.05) is 31.4 Å². The Kier molecular flexibility index (Phi) is 4.93. The molecule has 6 heteroatoms. The second kappa shape index (κ2) is 6.68. The molecule has 0 aliphatic carbocycles. The molecule has 1 saturated heterocycles. The Morgan fingerprint density at radius 2 is 2.42 bits per heavy atom. The molecule has 2 N–H and O–H groups in total. The van der Waals surface area contributed by atoms with Gasteiger partial charge in [-0.3, -0.25) is 9.48 Å². The molecule has 1 aromatic heterocycles. The molecule has 1 aliphatic heterocycles. The minimum absolute atomic E-state index is 0.0509. The quantitative estimate of drug-likeness (QED) is 0.763. The van der Waals surface area contributed by atoms with Gasteiger partial charge >= 0.3 is 0 Å². The van der Waals surface area contributed by atoms with Gasteiger partial charge in [0.2, 0.25) is 5.91 Å². The van der Waals surface area contributed by atoms with Crippen LogP contribution in [0.15, 0.2) is 12.4 Å². The molecule has 1 aliphatic rings. The van der Waals surface area contributed by atoms with Crippen LogP contribution < -0.4 is 10.6 Å². The van der Waals surface area contributed by atoms with Crippen molar-refractivity contribution in [3.63, 3.8) is 0 Å². The number of aromatic nitrogens is 2. The Bertz CT molecular complexity index is 419. The molecule has 1 fully saturated rings. The SMILES string of the molecule is CCCNC1COCC1C(=O)NCc1cnn(C)c1. The summed E-state index contributed by atoms with van der Waals surface area (Å²) in [6, 6.07) is 0.133. The maximum absolute atomic E-state index is 12.1. The molecule has 0 aromatic carbocycles. The number of rotatable bonds is 6. The fraction of sp³-hybridized carbons (Fsp3) is 0.692. The van der Waals surface area contributed by atoms with Crippen molar-refractivity contribution in [2.45, 2.75) is 25.9 Å². The highest BCUT2D eigenvalue weighted by molar-refractivity contribution is 5.79. The summed E-state index contributed by atoms with van der Waals surface area (Å²) in [5, 5.41) is 10.4. The predicted molar refractivity (Wildman–Crippen MR) is 71.4 cm³/mol. The van der Waals surface area contributed by atoms with Gasteiger partial charge in [-0.2, -0.15) is 5.10 Å². The van der Waals surface area contributed by atoms with Crippen LogP contribution >= 0.6 is 0 Å². The van der Waals surface area contributed by atoms with Crippen LogP contribution in [0.1, 0.15) is 18.9 Å². The first-order valence-corrected chi connectivity index (χ1v) is 6.77. The maximum atomic E-state index is 12.1. The van der Waals surface area contributed by atoms with E-state index < -0.39 is 0 Å². The van der Waals surface area contributed by atoms with Crippen molar-refractivity contribution in [1.29, 1.82) is 0 Å². The summed E-state index contributed by atoms with van der Waals surface area (Å²) in [5.41, 5.74) is 1.01. The summed E-state index contributed by atoms with van der Waals surface area (Å²) < 4.78 is 7.13. The summed E-state index contributed by atoms with van der Waals surface area (Å²) in [6.07, 6.45) is 4.72.